The summed E-state index contributed by atoms with van der Waals surface area (Å²) in [7, 11) is 0. The van der Waals surface area contributed by atoms with Gasteiger partial charge in [0.15, 0.2) is 5.75 Å². The molecule has 1 aromatic heterocycles. The van der Waals surface area contributed by atoms with Crippen molar-refractivity contribution in [1.82, 2.24) is 4.98 Å². The smallest absolute Gasteiger partial charge is 0.339 e. The van der Waals surface area contributed by atoms with Crippen LogP contribution in [0.2, 0.25) is 0 Å². The minimum absolute atomic E-state index is 0.0518. The lowest BCUT2D eigenvalue weighted by Crippen LogP contribution is -2.11. The summed E-state index contributed by atoms with van der Waals surface area (Å²) in [6, 6.07) is 4.12. The Morgan fingerprint density at radius 3 is 2.68 bits per heavy atom. The van der Waals surface area contributed by atoms with Crippen LogP contribution in [0.4, 0.5) is 5.69 Å². The molecule has 1 heterocycles. The molecular formula is C12H10N2O4S. The zero-order valence-corrected chi connectivity index (χ0v) is 10.7. The van der Waals surface area contributed by atoms with Crippen LogP contribution in [0.15, 0.2) is 24.4 Å². The molecule has 98 valence electrons. The van der Waals surface area contributed by atoms with E-state index in [-0.39, 0.29) is 11.3 Å². The number of benzene rings is 1. The molecule has 2 rings (SSSR count). The summed E-state index contributed by atoms with van der Waals surface area (Å²) in [5.74, 6) is -2.17. The van der Waals surface area contributed by atoms with Crippen LogP contribution in [0, 0.1) is 6.92 Å². The van der Waals surface area contributed by atoms with E-state index < -0.39 is 17.6 Å². The number of rotatable bonds is 3. The second kappa shape index (κ2) is 5.07. The van der Waals surface area contributed by atoms with E-state index in [0.717, 1.165) is 5.01 Å². The van der Waals surface area contributed by atoms with Gasteiger partial charge in [0.2, 0.25) is 0 Å². The third-order valence-electron chi connectivity index (χ3n) is 2.36. The highest BCUT2D eigenvalue weighted by Crippen LogP contribution is 2.28. The SMILES string of the molecule is Cc1ncc(C(=O)Nc2cccc(C(=O)O)c2O)s1. The van der Waals surface area contributed by atoms with E-state index in [1.54, 1.807) is 6.92 Å². The molecule has 0 radical (unpaired) electrons. The Morgan fingerprint density at radius 1 is 1.37 bits per heavy atom. The molecule has 0 bridgehead atoms. The van der Waals surface area contributed by atoms with Gasteiger partial charge in [-0.15, -0.1) is 11.3 Å². The first-order valence-electron chi connectivity index (χ1n) is 5.28. The molecule has 0 unspecified atom stereocenters. The number of aromatic carboxylic acids is 1. The summed E-state index contributed by atoms with van der Waals surface area (Å²) in [5, 5.41) is 21.8. The summed E-state index contributed by atoms with van der Waals surface area (Å²) in [5.41, 5.74) is -0.214. The number of carboxylic acids is 1. The number of hydrogen-bond acceptors (Lipinski definition) is 5. The Bertz CT molecular complexity index is 651. The zero-order valence-electron chi connectivity index (χ0n) is 9.88. The summed E-state index contributed by atoms with van der Waals surface area (Å²) < 4.78 is 0. The van der Waals surface area contributed by atoms with Crippen LogP contribution in [-0.4, -0.2) is 27.1 Å². The number of carbonyl (C=O) groups excluding carboxylic acids is 1. The van der Waals surface area contributed by atoms with Gasteiger partial charge in [-0.25, -0.2) is 9.78 Å². The van der Waals surface area contributed by atoms with Gasteiger partial charge in [-0.2, -0.15) is 0 Å². The lowest BCUT2D eigenvalue weighted by Gasteiger charge is -2.07. The monoisotopic (exact) mass is 278 g/mol. The van der Waals surface area contributed by atoms with E-state index in [1.165, 1.54) is 35.7 Å². The van der Waals surface area contributed by atoms with Gasteiger partial charge in [0, 0.05) is 0 Å². The van der Waals surface area contributed by atoms with Crippen molar-refractivity contribution in [3.05, 3.63) is 39.8 Å². The number of anilines is 1. The van der Waals surface area contributed by atoms with Gasteiger partial charge >= 0.3 is 5.97 Å². The highest BCUT2D eigenvalue weighted by molar-refractivity contribution is 7.13. The zero-order chi connectivity index (χ0) is 14.0. The van der Waals surface area contributed by atoms with Gasteiger partial charge in [-0.3, -0.25) is 4.79 Å². The summed E-state index contributed by atoms with van der Waals surface area (Å²) >= 11 is 1.21. The predicted octanol–water partition coefficient (Wildman–Crippen LogP) is 2.11. The molecule has 0 spiro atoms. The molecule has 0 saturated carbocycles. The minimum atomic E-state index is -1.26. The average Bonchev–Trinajstić information content (AvgIpc) is 2.78. The summed E-state index contributed by atoms with van der Waals surface area (Å²) in [6.07, 6.45) is 1.42. The van der Waals surface area contributed by atoms with Gasteiger partial charge < -0.3 is 15.5 Å². The van der Waals surface area contributed by atoms with Crippen LogP contribution < -0.4 is 5.32 Å². The Balaban J connectivity index is 2.27. The van der Waals surface area contributed by atoms with E-state index in [4.69, 9.17) is 5.11 Å². The second-order valence-electron chi connectivity index (χ2n) is 3.70. The Kier molecular flexibility index (Phi) is 3.48. The Labute approximate surface area is 112 Å². The van der Waals surface area contributed by atoms with Crippen molar-refractivity contribution in [2.75, 3.05) is 5.32 Å². The number of carboxylic acid groups (broad SMARTS) is 1. The quantitative estimate of drug-likeness (QED) is 0.747. The number of nitrogens with zero attached hydrogens (tertiary/aromatic N) is 1. The van der Waals surface area contributed by atoms with Crippen molar-refractivity contribution in [3.8, 4) is 5.75 Å². The van der Waals surface area contributed by atoms with Gasteiger partial charge in [-0.05, 0) is 19.1 Å². The third-order valence-corrected chi connectivity index (χ3v) is 3.27. The van der Waals surface area contributed by atoms with Crippen LogP contribution in [0.1, 0.15) is 25.0 Å². The van der Waals surface area contributed by atoms with Crippen LogP contribution in [0.3, 0.4) is 0 Å². The van der Waals surface area contributed by atoms with Gasteiger partial charge in [-0.1, -0.05) is 6.07 Å². The summed E-state index contributed by atoms with van der Waals surface area (Å²) in [4.78, 5) is 27.0. The number of amides is 1. The molecule has 0 fully saturated rings. The molecule has 0 atom stereocenters. The molecule has 1 aromatic carbocycles. The predicted molar refractivity (Wildman–Crippen MR) is 69.9 cm³/mol. The molecule has 2 aromatic rings. The standard InChI is InChI=1S/C12H10N2O4S/c1-6-13-5-9(19-6)11(16)14-8-4-2-3-7(10(8)15)12(17)18/h2-5,15H,1H3,(H,14,16)(H,17,18). The molecule has 0 aliphatic rings. The number of hydrogen-bond donors (Lipinski definition) is 3. The van der Waals surface area contributed by atoms with Crippen molar-refractivity contribution in [2.45, 2.75) is 6.92 Å². The first kappa shape index (κ1) is 13.0. The van der Waals surface area contributed by atoms with Crippen molar-refractivity contribution in [1.29, 1.82) is 0 Å². The topological polar surface area (TPSA) is 99.5 Å². The van der Waals surface area contributed by atoms with Crippen molar-refractivity contribution in [3.63, 3.8) is 0 Å². The third kappa shape index (κ3) is 2.71. The number of para-hydroxylation sites is 1. The lowest BCUT2D eigenvalue weighted by molar-refractivity contribution is 0.0693. The maximum Gasteiger partial charge on any atom is 0.339 e. The van der Waals surface area contributed by atoms with E-state index >= 15 is 0 Å². The van der Waals surface area contributed by atoms with Crippen LogP contribution in [0.25, 0.3) is 0 Å². The number of nitrogens with one attached hydrogen (secondary N) is 1. The molecule has 7 heteroatoms. The van der Waals surface area contributed by atoms with Crippen molar-refractivity contribution >= 4 is 28.9 Å². The molecule has 0 saturated heterocycles. The van der Waals surface area contributed by atoms with Crippen LogP contribution >= 0.6 is 11.3 Å². The number of aryl methyl sites for hydroxylation is 1. The van der Waals surface area contributed by atoms with Gasteiger partial charge in [0.25, 0.3) is 5.91 Å². The van der Waals surface area contributed by atoms with E-state index in [2.05, 4.69) is 10.3 Å². The van der Waals surface area contributed by atoms with Crippen molar-refractivity contribution in [2.24, 2.45) is 0 Å². The molecule has 1 amide bonds. The van der Waals surface area contributed by atoms with Crippen molar-refractivity contribution < 1.29 is 19.8 Å². The van der Waals surface area contributed by atoms with Crippen LogP contribution in [0.5, 0.6) is 5.75 Å². The number of aromatic hydroxyl groups is 1. The minimum Gasteiger partial charge on any atom is -0.505 e. The number of thiazole rings is 1. The Morgan fingerprint density at radius 2 is 2.11 bits per heavy atom. The van der Waals surface area contributed by atoms with E-state index in [9.17, 15) is 14.7 Å². The molecule has 0 aliphatic carbocycles. The first-order chi connectivity index (χ1) is 8.99. The fourth-order valence-corrected chi connectivity index (χ4v) is 2.14. The second-order valence-corrected chi connectivity index (χ2v) is 4.94. The largest absolute Gasteiger partial charge is 0.505 e. The number of carbonyl (C=O) groups is 2. The van der Waals surface area contributed by atoms with E-state index in [0.29, 0.717) is 4.88 Å². The highest BCUT2D eigenvalue weighted by Gasteiger charge is 2.16. The number of aromatic nitrogens is 1. The first-order valence-corrected chi connectivity index (χ1v) is 6.09. The maximum atomic E-state index is 11.9. The molecule has 6 nitrogen and oxygen atoms in total. The Hall–Kier alpha value is -2.41. The maximum absolute atomic E-state index is 11.9. The van der Waals surface area contributed by atoms with Gasteiger partial charge in [0.1, 0.15) is 10.4 Å². The number of phenols is 1. The van der Waals surface area contributed by atoms with Gasteiger partial charge in [0.05, 0.1) is 16.9 Å². The highest BCUT2D eigenvalue weighted by atomic mass is 32.1. The molecule has 0 aliphatic heterocycles. The fraction of sp³-hybridized carbons (Fsp3) is 0.0833. The molecule has 19 heavy (non-hydrogen) atoms. The normalized spacial score (nSPS) is 10.2. The molecule has 3 N–H and O–H groups in total. The van der Waals surface area contributed by atoms with Crippen LogP contribution in [-0.2, 0) is 0 Å². The lowest BCUT2D eigenvalue weighted by atomic mass is 10.1. The average molecular weight is 278 g/mol. The summed E-state index contributed by atoms with van der Waals surface area (Å²) in [6.45, 7) is 1.77. The fourth-order valence-electron chi connectivity index (χ4n) is 1.47. The molecular weight excluding hydrogens is 268 g/mol. The van der Waals surface area contributed by atoms with E-state index in [1.807, 2.05) is 0 Å².